The monoisotopic (exact) mass is 444 g/mol. The molecule has 3 rings (SSSR count). The Morgan fingerprint density at radius 3 is 2.42 bits per heavy atom. The van der Waals surface area contributed by atoms with E-state index < -0.39 is 0 Å². The van der Waals surface area contributed by atoms with Crippen LogP contribution in [0.4, 0.5) is 5.69 Å². The fourth-order valence-electron chi connectivity index (χ4n) is 3.57. The van der Waals surface area contributed by atoms with E-state index in [9.17, 15) is 9.59 Å². The Kier molecular flexibility index (Phi) is 9.07. The summed E-state index contributed by atoms with van der Waals surface area (Å²) >= 11 is 0. The first-order valence-corrected chi connectivity index (χ1v) is 11.5. The zero-order valence-electron chi connectivity index (χ0n) is 19.4. The molecule has 0 saturated heterocycles. The van der Waals surface area contributed by atoms with Gasteiger partial charge >= 0.3 is 0 Å². The van der Waals surface area contributed by atoms with E-state index in [2.05, 4.69) is 12.2 Å². The van der Waals surface area contributed by atoms with E-state index in [1.54, 1.807) is 42.3 Å². The molecule has 0 aromatic heterocycles. The predicted octanol–water partition coefficient (Wildman–Crippen LogP) is 6.17. The maximum atomic E-state index is 12.9. The molecule has 0 heterocycles. The first kappa shape index (κ1) is 24.1. The molecule has 0 fully saturated rings. The molecule has 172 valence electrons. The number of amides is 2. The van der Waals surface area contributed by atoms with Crippen molar-refractivity contribution in [2.45, 2.75) is 39.2 Å². The second kappa shape index (κ2) is 12.4. The largest absolute Gasteiger partial charge is 0.493 e. The third-order valence-corrected chi connectivity index (χ3v) is 5.36. The molecule has 0 atom stereocenters. The van der Waals surface area contributed by atoms with E-state index in [1.165, 1.54) is 12.8 Å². The van der Waals surface area contributed by atoms with Gasteiger partial charge in [-0.15, -0.1) is 0 Å². The molecule has 0 saturated carbocycles. The quantitative estimate of drug-likeness (QED) is 0.360. The molecule has 0 aliphatic rings. The molecule has 5 heteroatoms. The van der Waals surface area contributed by atoms with Crippen molar-refractivity contribution in [2.24, 2.45) is 0 Å². The highest BCUT2D eigenvalue weighted by Crippen LogP contribution is 2.21. The fourth-order valence-corrected chi connectivity index (χ4v) is 3.57. The van der Waals surface area contributed by atoms with Gasteiger partial charge in [0.25, 0.3) is 11.8 Å². The summed E-state index contributed by atoms with van der Waals surface area (Å²) in [6, 6.07) is 24.1. The predicted molar refractivity (Wildman–Crippen MR) is 133 cm³/mol. The van der Waals surface area contributed by atoms with E-state index >= 15 is 0 Å². The van der Waals surface area contributed by atoms with Crippen LogP contribution >= 0.6 is 0 Å². The molecule has 0 radical (unpaired) electrons. The third kappa shape index (κ3) is 7.21. The number of rotatable bonds is 11. The minimum Gasteiger partial charge on any atom is -0.493 e. The number of hydrogen-bond donors (Lipinski definition) is 1. The van der Waals surface area contributed by atoms with Crippen molar-refractivity contribution in [1.29, 1.82) is 0 Å². The highest BCUT2D eigenvalue weighted by molar-refractivity contribution is 6.06. The number of anilines is 1. The van der Waals surface area contributed by atoms with Crippen LogP contribution in [0, 0.1) is 0 Å². The number of carbonyl (C=O) groups excluding carboxylic acids is 2. The number of para-hydroxylation sites is 1. The van der Waals surface area contributed by atoms with Gasteiger partial charge < -0.3 is 15.0 Å². The van der Waals surface area contributed by atoms with Crippen LogP contribution in [0.2, 0.25) is 0 Å². The molecule has 33 heavy (non-hydrogen) atoms. The SMILES string of the molecule is CCCCCCOc1ccccc1C(=O)Nc1cccc(C(=O)N(C)Cc2ccccc2)c1. The Labute approximate surface area is 196 Å². The van der Waals surface area contributed by atoms with E-state index in [1.807, 2.05) is 48.5 Å². The molecule has 3 aromatic carbocycles. The second-order valence-corrected chi connectivity index (χ2v) is 8.09. The van der Waals surface area contributed by atoms with Crippen molar-refractivity contribution in [3.8, 4) is 5.75 Å². The number of unbranched alkanes of at least 4 members (excludes halogenated alkanes) is 3. The topological polar surface area (TPSA) is 58.6 Å². The maximum Gasteiger partial charge on any atom is 0.259 e. The van der Waals surface area contributed by atoms with Gasteiger partial charge in [0.15, 0.2) is 0 Å². The molecule has 0 bridgehead atoms. The lowest BCUT2D eigenvalue weighted by Gasteiger charge is -2.18. The van der Waals surface area contributed by atoms with E-state index in [0.717, 1.165) is 18.4 Å². The van der Waals surface area contributed by atoms with Crippen LogP contribution in [0.3, 0.4) is 0 Å². The summed E-state index contributed by atoms with van der Waals surface area (Å²) in [7, 11) is 1.77. The van der Waals surface area contributed by atoms with E-state index in [0.29, 0.717) is 35.7 Å². The maximum absolute atomic E-state index is 12.9. The summed E-state index contributed by atoms with van der Waals surface area (Å²) < 4.78 is 5.87. The van der Waals surface area contributed by atoms with Crippen molar-refractivity contribution < 1.29 is 14.3 Å². The number of carbonyl (C=O) groups is 2. The highest BCUT2D eigenvalue weighted by atomic mass is 16.5. The van der Waals surface area contributed by atoms with Crippen molar-refractivity contribution in [2.75, 3.05) is 19.0 Å². The van der Waals surface area contributed by atoms with Crippen LogP contribution in [0.5, 0.6) is 5.75 Å². The van der Waals surface area contributed by atoms with Gasteiger partial charge in [0, 0.05) is 24.8 Å². The normalized spacial score (nSPS) is 10.5. The van der Waals surface area contributed by atoms with Gasteiger partial charge in [-0.2, -0.15) is 0 Å². The lowest BCUT2D eigenvalue weighted by molar-refractivity contribution is 0.0784. The van der Waals surface area contributed by atoms with E-state index in [4.69, 9.17) is 4.74 Å². The minimum atomic E-state index is -0.263. The number of ether oxygens (including phenoxy) is 1. The number of hydrogen-bond acceptors (Lipinski definition) is 3. The number of nitrogens with one attached hydrogen (secondary N) is 1. The van der Waals surface area contributed by atoms with Crippen LogP contribution in [0.25, 0.3) is 0 Å². The zero-order valence-corrected chi connectivity index (χ0v) is 19.4. The molecular formula is C28H32N2O3. The lowest BCUT2D eigenvalue weighted by atomic mass is 10.1. The summed E-state index contributed by atoms with van der Waals surface area (Å²) in [5.41, 5.74) is 2.62. The van der Waals surface area contributed by atoms with Gasteiger partial charge in [-0.1, -0.05) is 74.7 Å². The number of nitrogens with zero attached hydrogens (tertiary/aromatic N) is 1. The summed E-state index contributed by atoms with van der Waals surface area (Å²) in [4.78, 5) is 27.5. The van der Waals surface area contributed by atoms with Gasteiger partial charge in [-0.05, 0) is 42.3 Å². The first-order valence-electron chi connectivity index (χ1n) is 11.5. The molecule has 0 spiro atoms. The second-order valence-electron chi connectivity index (χ2n) is 8.09. The van der Waals surface area contributed by atoms with Crippen molar-refractivity contribution in [3.05, 3.63) is 95.6 Å². The summed E-state index contributed by atoms with van der Waals surface area (Å²) in [6.07, 6.45) is 4.43. The summed E-state index contributed by atoms with van der Waals surface area (Å²) in [5, 5.41) is 2.90. The smallest absolute Gasteiger partial charge is 0.259 e. The average Bonchev–Trinajstić information content (AvgIpc) is 2.84. The molecule has 0 aliphatic heterocycles. The Hall–Kier alpha value is -3.60. The molecule has 0 aliphatic carbocycles. The van der Waals surface area contributed by atoms with Crippen molar-refractivity contribution in [3.63, 3.8) is 0 Å². The highest BCUT2D eigenvalue weighted by Gasteiger charge is 2.15. The van der Waals surface area contributed by atoms with Gasteiger partial charge in [0.1, 0.15) is 5.75 Å². The van der Waals surface area contributed by atoms with Crippen molar-refractivity contribution in [1.82, 2.24) is 4.90 Å². The summed E-state index contributed by atoms with van der Waals surface area (Å²) in [5.74, 6) is 0.202. The molecular weight excluding hydrogens is 412 g/mol. The minimum absolute atomic E-state index is 0.106. The first-order chi connectivity index (χ1) is 16.1. The Balaban J connectivity index is 1.64. The average molecular weight is 445 g/mol. The Morgan fingerprint density at radius 2 is 1.64 bits per heavy atom. The van der Waals surface area contributed by atoms with Crippen molar-refractivity contribution >= 4 is 17.5 Å². The molecule has 2 amide bonds. The van der Waals surface area contributed by atoms with Gasteiger partial charge in [-0.25, -0.2) is 0 Å². The number of benzene rings is 3. The van der Waals surface area contributed by atoms with Gasteiger partial charge in [-0.3, -0.25) is 9.59 Å². The van der Waals surface area contributed by atoms with Gasteiger partial charge in [0.2, 0.25) is 0 Å². The van der Waals surface area contributed by atoms with Crippen LogP contribution in [-0.2, 0) is 6.54 Å². The van der Waals surface area contributed by atoms with Crippen LogP contribution < -0.4 is 10.1 Å². The molecule has 1 N–H and O–H groups in total. The Morgan fingerprint density at radius 1 is 0.879 bits per heavy atom. The molecule has 5 nitrogen and oxygen atoms in total. The van der Waals surface area contributed by atoms with Crippen LogP contribution in [0.15, 0.2) is 78.9 Å². The summed E-state index contributed by atoms with van der Waals surface area (Å²) in [6.45, 7) is 3.27. The van der Waals surface area contributed by atoms with Gasteiger partial charge in [0.05, 0.1) is 12.2 Å². The standard InChI is InChI=1S/C28H32N2O3/c1-3-4-5-11-19-33-26-18-10-9-17-25(26)27(31)29-24-16-12-15-23(20-24)28(32)30(2)21-22-13-7-6-8-14-22/h6-10,12-18,20H,3-5,11,19,21H2,1-2H3,(H,29,31). The molecule has 0 unspecified atom stereocenters. The zero-order chi connectivity index (χ0) is 23.5. The van der Waals surface area contributed by atoms with Crippen LogP contribution in [0.1, 0.15) is 58.9 Å². The van der Waals surface area contributed by atoms with E-state index in [-0.39, 0.29) is 11.8 Å². The lowest BCUT2D eigenvalue weighted by Crippen LogP contribution is -2.26. The fraction of sp³-hybridized carbons (Fsp3) is 0.286. The third-order valence-electron chi connectivity index (χ3n) is 5.36. The van der Waals surface area contributed by atoms with Crippen LogP contribution in [-0.4, -0.2) is 30.4 Å². The Bertz CT molecular complexity index is 1050. The molecule has 3 aromatic rings.